The first-order chi connectivity index (χ1) is 9.37. The Balaban J connectivity index is 1.98. The van der Waals surface area contributed by atoms with Gasteiger partial charge in [-0.3, -0.25) is 4.90 Å². The first-order valence-corrected chi connectivity index (χ1v) is 6.10. The maximum atomic E-state index is 12.3. The number of nitrogens with two attached hydrogens (primary N) is 1. The van der Waals surface area contributed by atoms with Crippen molar-refractivity contribution in [3.8, 4) is 5.88 Å². The van der Waals surface area contributed by atoms with Gasteiger partial charge in [-0.15, -0.1) is 0 Å². The summed E-state index contributed by atoms with van der Waals surface area (Å²) in [6.45, 7) is 0.679. The summed E-state index contributed by atoms with van der Waals surface area (Å²) in [7, 11) is 1.47. The molecule has 2 N–H and O–H groups in total. The molecule has 0 aliphatic carbocycles. The van der Waals surface area contributed by atoms with Crippen LogP contribution in [0, 0.1) is 0 Å². The summed E-state index contributed by atoms with van der Waals surface area (Å²) < 4.78 is 41.9. The van der Waals surface area contributed by atoms with E-state index in [9.17, 15) is 13.2 Å². The molecule has 1 aliphatic rings. The third-order valence-corrected chi connectivity index (χ3v) is 3.01. The largest absolute Gasteiger partial charge is 0.481 e. The van der Waals surface area contributed by atoms with Gasteiger partial charge >= 0.3 is 6.18 Å². The quantitative estimate of drug-likeness (QED) is 0.886. The standard InChI is InChI=1S/C11H16F3N5O/c1-20-9-6-8(16-10(15)17-9)19-4-2-18(3-5-19)7-11(12,13)14/h6H,2-5,7H2,1H3,(H2,15,16,17). The molecule has 0 amide bonds. The van der Waals surface area contributed by atoms with Crippen LogP contribution in [0.15, 0.2) is 6.07 Å². The van der Waals surface area contributed by atoms with E-state index in [-0.39, 0.29) is 5.95 Å². The minimum Gasteiger partial charge on any atom is -0.481 e. The van der Waals surface area contributed by atoms with Gasteiger partial charge in [0, 0.05) is 32.2 Å². The summed E-state index contributed by atoms with van der Waals surface area (Å²) in [6.07, 6.45) is -4.16. The van der Waals surface area contributed by atoms with Gasteiger partial charge < -0.3 is 15.4 Å². The zero-order chi connectivity index (χ0) is 14.8. The van der Waals surface area contributed by atoms with E-state index in [0.717, 1.165) is 0 Å². The number of alkyl halides is 3. The van der Waals surface area contributed by atoms with E-state index < -0.39 is 12.7 Å². The molecule has 0 spiro atoms. The number of aromatic nitrogens is 2. The minimum absolute atomic E-state index is 0.0806. The Morgan fingerprint density at radius 2 is 1.90 bits per heavy atom. The topological polar surface area (TPSA) is 67.5 Å². The fraction of sp³-hybridized carbons (Fsp3) is 0.636. The van der Waals surface area contributed by atoms with Crippen LogP contribution in [-0.4, -0.2) is 60.9 Å². The van der Waals surface area contributed by atoms with Crippen LogP contribution in [0.2, 0.25) is 0 Å². The van der Waals surface area contributed by atoms with Gasteiger partial charge in [0.15, 0.2) is 0 Å². The summed E-state index contributed by atoms with van der Waals surface area (Å²) in [5.41, 5.74) is 5.56. The van der Waals surface area contributed by atoms with Crippen LogP contribution in [-0.2, 0) is 0 Å². The highest BCUT2D eigenvalue weighted by Gasteiger charge is 2.32. The van der Waals surface area contributed by atoms with Gasteiger partial charge in [0.05, 0.1) is 13.7 Å². The Morgan fingerprint density at radius 1 is 1.25 bits per heavy atom. The summed E-state index contributed by atoms with van der Waals surface area (Å²) in [5, 5.41) is 0. The Morgan fingerprint density at radius 3 is 2.45 bits per heavy atom. The monoisotopic (exact) mass is 291 g/mol. The van der Waals surface area contributed by atoms with Crippen molar-refractivity contribution < 1.29 is 17.9 Å². The molecule has 0 unspecified atom stereocenters. The van der Waals surface area contributed by atoms with Gasteiger partial charge in [-0.1, -0.05) is 0 Å². The molecule has 0 saturated carbocycles. The molecule has 0 aromatic carbocycles. The van der Waals surface area contributed by atoms with Crippen molar-refractivity contribution in [3.05, 3.63) is 6.07 Å². The number of hydrogen-bond donors (Lipinski definition) is 1. The van der Waals surface area contributed by atoms with E-state index in [2.05, 4.69) is 9.97 Å². The number of ether oxygens (including phenoxy) is 1. The first-order valence-electron chi connectivity index (χ1n) is 6.10. The van der Waals surface area contributed by atoms with Crippen LogP contribution in [0.4, 0.5) is 24.9 Å². The minimum atomic E-state index is -4.16. The number of methoxy groups -OCH3 is 1. The lowest BCUT2D eigenvalue weighted by Gasteiger charge is -2.35. The van der Waals surface area contributed by atoms with Crippen molar-refractivity contribution in [2.24, 2.45) is 0 Å². The molecule has 9 heteroatoms. The van der Waals surface area contributed by atoms with Gasteiger partial charge in [0.25, 0.3) is 0 Å². The number of nitrogens with zero attached hydrogens (tertiary/aromatic N) is 4. The molecule has 1 fully saturated rings. The Labute approximate surface area is 114 Å². The molecule has 112 valence electrons. The van der Waals surface area contributed by atoms with Gasteiger partial charge in [-0.2, -0.15) is 23.1 Å². The second-order valence-corrected chi connectivity index (χ2v) is 4.51. The van der Waals surface area contributed by atoms with Crippen LogP contribution in [0.25, 0.3) is 0 Å². The van der Waals surface area contributed by atoms with Crippen LogP contribution >= 0.6 is 0 Å². The number of anilines is 2. The highest BCUT2D eigenvalue weighted by Crippen LogP contribution is 2.21. The van der Waals surface area contributed by atoms with Gasteiger partial charge in [-0.25, -0.2) is 0 Å². The molecule has 1 saturated heterocycles. The van der Waals surface area contributed by atoms with Gasteiger partial charge in [-0.05, 0) is 0 Å². The molecule has 1 aromatic rings. The van der Waals surface area contributed by atoms with E-state index >= 15 is 0 Å². The lowest BCUT2D eigenvalue weighted by Crippen LogP contribution is -2.49. The van der Waals surface area contributed by atoms with Crippen LogP contribution in [0.5, 0.6) is 5.88 Å². The molecular weight excluding hydrogens is 275 g/mol. The zero-order valence-corrected chi connectivity index (χ0v) is 11.0. The Kier molecular flexibility index (Phi) is 4.17. The average molecular weight is 291 g/mol. The maximum absolute atomic E-state index is 12.3. The molecule has 2 rings (SSSR count). The highest BCUT2D eigenvalue weighted by molar-refractivity contribution is 5.45. The van der Waals surface area contributed by atoms with Crippen molar-refractivity contribution in [1.82, 2.24) is 14.9 Å². The van der Waals surface area contributed by atoms with Crippen molar-refractivity contribution >= 4 is 11.8 Å². The predicted octanol–water partition coefficient (Wildman–Crippen LogP) is 0.752. The SMILES string of the molecule is COc1cc(N2CCN(CC(F)(F)F)CC2)nc(N)n1. The van der Waals surface area contributed by atoms with E-state index in [1.165, 1.54) is 12.0 Å². The molecule has 6 nitrogen and oxygen atoms in total. The highest BCUT2D eigenvalue weighted by atomic mass is 19.4. The average Bonchev–Trinajstić information content (AvgIpc) is 2.37. The summed E-state index contributed by atoms with van der Waals surface area (Å²) >= 11 is 0. The Hall–Kier alpha value is -1.77. The third-order valence-electron chi connectivity index (χ3n) is 3.01. The van der Waals surface area contributed by atoms with Crippen LogP contribution in [0.1, 0.15) is 0 Å². The molecule has 2 heterocycles. The van der Waals surface area contributed by atoms with E-state index in [1.54, 1.807) is 6.07 Å². The fourth-order valence-electron chi connectivity index (χ4n) is 2.09. The molecular formula is C11H16F3N5O. The second kappa shape index (κ2) is 5.70. The third kappa shape index (κ3) is 3.86. The fourth-order valence-corrected chi connectivity index (χ4v) is 2.09. The smallest absolute Gasteiger partial charge is 0.401 e. The summed E-state index contributed by atoms with van der Waals surface area (Å²) in [5.74, 6) is 0.989. The van der Waals surface area contributed by atoms with Crippen LogP contribution in [0.3, 0.4) is 0 Å². The zero-order valence-electron chi connectivity index (χ0n) is 11.0. The van der Waals surface area contributed by atoms with Gasteiger partial charge in [0.1, 0.15) is 5.82 Å². The Bertz CT molecular complexity index is 460. The lowest BCUT2D eigenvalue weighted by molar-refractivity contribution is -0.146. The number of rotatable bonds is 3. The normalized spacial score (nSPS) is 17.3. The molecule has 20 heavy (non-hydrogen) atoms. The van der Waals surface area contributed by atoms with Crippen molar-refractivity contribution in [2.45, 2.75) is 6.18 Å². The number of halogens is 3. The second-order valence-electron chi connectivity index (χ2n) is 4.51. The molecule has 0 radical (unpaired) electrons. The van der Waals surface area contributed by atoms with Crippen molar-refractivity contribution in [3.63, 3.8) is 0 Å². The van der Waals surface area contributed by atoms with E-state index in [4.69, 9.17) is 10.5 Å². The molecule has 1 aliphatic heterocycles. The van der Waals surface area contributed by atoms with E-state index in [0.29, 0.717) is 37.9 Å². The number of piperazine rings is 1. The van der Waals surface area contributed by atoms with Crippen molar-refractivity contribution in [2.75, 3.05) is 50.5 Å². The molecule has 0 atom stereocenters. The number of hydrogen-bond acceptors (Lipinski definition) is 6. The van der Waals surface area contributed by atoms with E-state index in [1.807, 2.05) is 4.90 Å². The number of nitrogen functional groups attached to an aromatic ring is 1. The van der Waals surface area contributed by atoms with Gasteiger partial charge in [0.2, 0.25) is 11.8 Å². The maximum Gasteiger partial charge on any atom is 0.401 e. The summed E-state index contributed by atoms with van der Waals surface area (Å²) in [4.78, 5) is 11.2. The first kappa shape index (κ1) is 14.6. The predicted molar refractivity (Wildman–Crippen MR) is 67.7 cm³/mol. The molecule has 0 bridgehead atoms. The molecule has 1 aromatic heterocycles. The lowest BCUT2D eigenvalue weighted by atomic mass is 10.3. The summed E-state index contributed by atoms with van der Waals surface area (Å²) in [6, 6.07) is 1.62. The van der Waals surface area contributed by atoms with Crippen molar-refractivity contribution in [1.29, 1.82) is 0 Å². The van der Waals surface area contributed by atoms with Crippen LogP contribution < -0.4 is 15.4 Å².